The number of piperidine rings is 1. The lowest BCUT2D eigenvalue weighted by Gasteiger charge is -2.37. The number of nitrogens with zero attached hydrogens (tertiary/aromatic N) is 1. The van der Waals surface area contributed by atoms with Crippen LogP contribution in [0.3, 0.4) is 0 Å². The smallest absolute Gasteiger partial charge is 0.240 e. The van der Waals surface area contributed by atoms with Crippen LogP contribution >= 0.6 is 15.9 Å². The van der Waals surface area contributed by atoms with Gasteiger partial charge >= 0.3 is 0 Å². The molecular formula is C16H24BrN3O. The molecule has 1 aromatic rings. The van der Waals surface area contributed by atoms with Gasteiger partial charge in [-0.1, -0.05) is 35.8 Å². The monoisotopic (exact) mass is 353 g/mol. The second-order valence-electron chi connectivity index (χ2n) is 5.92. The molecule has 2 rings (SSSR count). The van der Waals surface area contributed by atoms with E-state index in [1.165, 1.54) is 5.56 Å². The van der Waals surface area contributed by atoms with Gasteiger partial charge in [0.25, 0.3) is 0 Å². The first-order valence-electron chi connectivity index (χ1n) is 7.57. The first-order chi connectivity index (χ1) is 9.99. The molecule has 116 valence electrons. The number of nitrogens with two attached hydrogens (primary N) is 1. The first-order valence-corrected chi connectivity index (χ1v) is 8.36. The molecule has 0 aliphatic carbocycles. The number of hydrogen-bond donors (Lipinski definition) is 2. The molecule has 5 heteroatoms. The number of amides is 1. The predicted octanol–water partition coefficient (Wildman–Crippen LogP) is 2.79. The van der Waals surface area contributed by atoms with Crippen molar-refractivity contribution in [1.82, 2.24) is 5.32 Å². The summed E-state index contributed by atoms with van der Waals surface area (Å²) in [6, 6.07) is 6.49. The number of carbonyl (C=O) groups excluding carboxylic acids is 1. The van der Waals surface area contributed by atoms with Gasteiger partial charge < -0.3 is 16.0 Å². The molecule has 1 amide bonds. The van der Waals surface area contributed by atoms with Crippen LogP contribution in [-0.4, -0.2) is 24.5 Å². The molecule has 1 unspecified atom stereocenters. The standard InChI is InChI=1S/C16H24BrN3O/c1-11(2)19-10-12-6-7-13(17)9-15(12)20-8-4-3-5-14(20)16(18)21/h6-7,9,11,14,19H,3-5,8,10H2,1-2H3,(H2,18,21). The van der Waals surface area contributed by atoms with E-state index in [4.69, 9.17) is 5.73 Å². The Hall–Kier alpha value is -1.07. The number of anilines is 1. The number of nitrogens with one attached hydrogen (secondary N) is 1. The lowest BCUT2D eigenvalue weighted by Crippen LogP contribution is -2.48. The number of hydrogen-bond acceptors (Lipinski definition) is 3. The van der Waals surface area contributed by atoms with Gasteiger partial charge in [0.1, 0.15) is 6.04 Å². The third kappa shape index (κ3) is 4.20. The first kappa shape index (κ1) is 16.3. The highest BCUT2D eigenvalue weighted by Crippen LogP contribution is 2.30. The maximum absolute atomic E-state index is 11.8. The van der Waals surface area contributed by atoms with E-state index in [9.17, 15) is 4.79 Å². The number of primary amides is 1. The van der Waals surface area contributed by atoms with Crippen LogP contribution in [0.5, 0.6) is 0 Å². The highest BCUT2D eigenvalue weighted by atomic mass is 79.9. The van der Waals surface area contributed by atoms with Crippen LogP contribution in [0.2, 0.25) is 0 Å². The summed E-state index contributed by atoms with van der Waals surface area (Å²) in [5.74, 6) is -0.225. The van der Waals surface area contributed by atoms with Gasteiger partial charge in [-0.25, -0.2) is 0 Å². The lowest BCUT2D eigenvalue weighted by atomic mass is 9.99. The molecule has 0 aromatic heterocycles. The maximum Gasteiger partial charge on any atom is 0.240 e. The number of carbonyl (C=O) groups is 1. The third-order valence-electron chi connectivity index (χ3n) is 3.89. The van der Waals surface area contributed by atoms with Gasteiger partial charge in [-0.2, -0.15) is 0 Å². The van der Waals surface area contributed by atoms with Gasteiger partial charge in [-0.05, 0) is 37.0 Å². The molecule has 0 radical (unpaired) electrons. The normalized spacial score (nSPS) is 19.0. The van der Waals surface area contributed by atoms with Crippen molar-refractivity contribution >= 4 is 27.5 Å². The Labute approximate surface area is 135 Å². The number of rotatable bonds is 5. The minimum atomic E-state index is -0.225. The average Bonchev–Trinajstić information content (AvgIpc) is 2.45. The van der Waals surface area contributed by atoms with Gasteiger partial charge in [-0.15, -0.1) is 0 Å². The van der Waals surface area contributed by atoms with Crippen LogP contribution in [0.15, 0.2) is 22.7 Å². The van der Waals surface area contributed by atoms with Gasteiger partial charge in [0, 0.05) is 29.3 Å². The summed E-state index contributed by atoms with van der Waals surface area (Å²) in [4.78, 5) is 13.9. The summed E-state index contributed by atoms with van der Waals surface area (Å²) in [6.45, 7) is 5.94. The Bertz CT molecular complexity index is 504. The Morgan fingerprint density at radius 1 is 1.48 bits per heavy atom. The van der Waals surface area contributed by atoms with Gasteiger partial charge in [0.05, 0.1) is 0 Å². The minimum absolute atomic E-state index is 0.189. The minimum Gasteiger partial charge on any atom is -0.368 e. The summed E-state index contributed by atoms with van der Waals surface area (Å²) in [7, 11) is 0. The van der Waals surface area contributed by atoms with Gasteiger partial charge in [0.2, 0.25) is 5.91 Å². The van der Waals surface area contributed by atoms with Crippen LogP contribution in [0.4, 0.5) is 5.69 Å². The predicted molar refractivity (Wildman–Crippen MR) is 90.3 cm³/mol. The molecule has 1 heterocycles. The van der Waals surface area contributed by atoms with Gasteiger partial charge in [-0.3, -0.25) is 4.79 Å². The van der Waals surface area contributed by atoms with Crippen molar-refractivity contribution in [2.75, 3.05) is 11.4 Å². The quantitative estimate of drug-likeness (QED) is 0.855. The third-order valence-corrected chi connectivity index (χ3v) is 4.38. The summed E-state index contributed by atoms with van der Waals surface area (Å²) in [5.41, 5.74) is 7.92. The number of benzene rings is 1. The second kappa shape index (κ2) is 7.27. The Balaban J connectivity index is 2.30. The molecule has 1 atom stereocenters. The van der Waals surface area contributed by atoms with Crippen LogP contribution < -0.4 is 16.0 Å². The molecular weight excluding hydrogens is 330 g/mol. The maximum atomic E-state index is 11.8. The Kier molecular flexibility index (Phi) is 5.65. The fraction of sp³-hybridized carbons (Fsp3) is 0.562. The molecule has 1 aliphatic heterocycles. The van der Waals surface area contributed by atoms with E-state index in [0.29, 0.717) is 6.04 Å². The average molecular weight is 354 g/mol. The zero-order chi connectivity index (χ0) is 15.4. The van der Waals surface area contributed by atoms with Crippen LogP contribution in [0, 0.1) is 0 Å². The molecule has 1 saturated heterocycles. The molecule has 21 heavy (non-hydrogen) atoms. The molecule has 1 fully saturated rings. The molecule has 0 bridgehead atoms. The van der Waals surface area contributed by atoms with Crippen LogP contribution in [0.25, 0.3) is 0 Å². The van der Waals surface area contributed by atoms with Crippen molar-refractivity contribution in [1.29, 1.82) is 0 Å². The van der Waals surface area contributed by atoms with Crippen molar-refractivity contribution < 1.29 is 4.79 Å². The van der Waals surface area contributed by atoms with Gasteiger partial charge in [0.15, 0.2) is 0 Å². The molecule has 3 N–H and O–H groups in total. The highest BCUT2D eigenvalue weighted by molar-refractivity contribution is 9.10. The molecule has 4 nitrogen and oxygen atoms in total. The molecule has 1 aliphatic rings. The molecule has 1 aromatic carbocycles. The van der Waals surface area contributed by atoms with E-state index < -0.39 is 0 Å². The second-order valence-corrected chi connectivity index (χ2v) is 6.83. The summed E-state index contributed by atoms with van der Waals surface area (Å²) >= 11 is 3.54. The van der Waals surface area contributed by atoms with Crippen molar-refractivity contribution in [3.8, 4) is 0 Å². The summed E-state index contributed by atoms with van der Waals surface area (Å²) in [5, 5.41) is 3.45. The Morgan fingerprint density at radius 2 is 2.24 bits per heavy atom. The molecule has 0 spiro atoms. The van der Waals surface area contributed by atoms with E-state index in [-0.39, 0.29) is 11.9 Å². The van der Waals surface area contributed by atoms with Crippen LogP contribution in [0.1, 0.15) is 38.7 Å². The summed E-state index contributed by atoms with van der Waals surface area (Å²) in [6.07, 6.45) is 3.02. The lowest BCUT2D eigenvalue weighted by molar-refractivity contribution is -0.119. The van der Waals surface area contributed by atoms with E-state index in [1.807, 2.05) is 6.07 Å². The summed E-state index contributed by atoms with van der Waals surface area (Å²) < 4.78 is 1.03. The fourth-order valence-corrected chi connectivity index (χ4v) is 3.13. The Morgan fingerprint density at radius 3 is 2.90 bits per heavy atom. The van der Waals surface area contributed by atoms with Crippen molar-refractivity contribution in [2.45, 2.75) is 51.7 Å². The van der Waals surface area contributed by atoms with Crippen molar-refractivity contribution in [3.63, 3.8) is 0 Å². The van der Waals surface area contributed by atoms with E-state index in [0.717, 1.165) is 42.5 Å². The highest BCUT2D eigenvalue weighted by Gasteiger charge is 2.28. The topological polar surface area (TPSA) is 58.4 Å². The SMILES string of the molecule is CC(C)NCc1ccc(Br)cc1N1CCCCC1C(N)=O. The van der Waals surface area contributed by atoms with E-state index in [1.54, 1.807) is 0 Å². The largest absolute Gasteiger partial charge is 0.368 e. The van der Waals surface area contributed by atoms with Crippen LogP contribution in [-0.2, 0) is 11.3 Å². The fourth-order valence-electron chi connectivity index (χ4n) is 2.78. The van der Waals surface area contributed by atoms with Crippen molar-refractivity contribution in [3.05, 3.63) is 28.2 Å². The van der Waals surface area contributed by atoms with E-state index in [2.05, 4.69) is 52.1 Å². The number of halogens is 1. The zero-order valence-electron chi connectivity index (χ0n) is 12.7. The van der Waals surface area contributed by atoms with Crippen molar-refractivity contribution in [2.24, 2.45) is 5.73 Å². The molecule has 0 saturated carbocycles. The van der Waals surface area contributed by atoms with E-state index >= 15 is 0 Å². The zero-order valence-corrected chi connectivity index (χ0v) is 14.3.